The maximum atomic E-state index is 14.3. The van der Waals surface area contributed by atoms with E-state index in [9.17, 15) is 18.8 Å². The van der Waals surface area contributed by atoms with Crippen LogP contribution in [0.4, 0.5) is 10.2 Å². The lowest BCUT2D eigenvalue weighted by atomic mass is 9.77. The number of hydrogen-bond acceptors (Lipinski definition) is 9. The number of rotatable bonds is 10. The summed E-state index contributed by atoms with van der Waals surface area (Å²) in [7, 11) is 0. The standard InChI is InChI=1S/C34H40FN7O4/c1-6-41(22(4)5)33(45)26-15-23(35)11-12-28(26)46-30-29(36-20-37-38-30)39-14-13-34(17-39)18-40(19-34)27(21(2)3)16-42-31(43)24-9-7-8-10-25(24)32(42)44/h7-12,15,20-22,27H,6,13-14,16-19H2,1-5H3/t27-/m1/s1. The first kappa shape index (κ1) is 31.5. The number of halogens is 1. The van der Waals surface area contributed by atoms with Crippen molar-refractivity contribution in [3.63, 3.8) is 0 Å². The van der Waals surface area contributed by atoms with Crippen molar-refractivity contribution in [2.45, 2.75) is 53.1 Å². The summed E-state index contributed by atoms with van der Waals surface area (Å²) in [6.45, 7) is 13.8. The average Bonchev–Trinajstić information content (AvgIpc) is 3.56. The molecule has 6 rings (SSSR count). The minimum atomic E-state index is -0.535. The van der Waals surface area contributed by atoms with Crippen molar-refractivity contribution in [2.75, 3.05) is 44.2 Å². The summed E-state index contributed by atoms with van der Waals surface area (Å²) in [6.07, 6.45) is 2.29. The number of anilines is 1. The maximum Gasteiger partial charge on any atom is 0.282 e. The molecule has 2 saturated heterocycles. The van der Waals surface area contributed by atoms with Gasteiger partial charge in [-0.25, -0.2) is 9.37 Å². The topological polar surface area (TPSA) is 112 Å². The highest BCUT2D eigenvalue weighted by molar-refractivity contribution is 6.21. The molecule has 242 valence electrons. The Balaban J connectivity index is 1.15. The largest absolute Gasteiger partial charge is 0.434 e. The number of hydrogen-bond donors (Lipinski definition) is 0. The van der Waals surface area contributed by atoms with Crippen LogP contribution < -0.4 is 9.64 Å². The fourth-order valence-electron chi connectivity index (χ4n) is 7.07. The number of carbonyl (C=O) groups is 3. The highest BCUT2D eigenvalue weighted by atomic mass is 19.1. The van der Waals surface area contributed by atoms with Crippen LogP contribution in [0, 0.1) is 17.2 Å². The van der Waals surface area contributed by atoms with Crippen LogP contribution in [-0.2, 0) is 0 Å². The highest BCUT2D eigenvalue weighted by Crippen LogP contribution is 2.44. The van der Waals surface area contributed by atoms with Crippen LogP contribution in [0.2, 0.25) is 0 Å². The molecule has 12 heteroatoms. The molecule has 0 saturated carbocycles. The van der Waals surface area contributed by atoms with Crippen LogP contribution in [0.25, 0.3) is 0 Å². The van der Waals surface area contributed by atoms with Crippen molar-refractivity contribution in [1.82, 2.24) is 29.9 Å². The third-order valence-corrected chi connectivity index (χ3v) is 9.48. The van der Waals surface area contributed by atoms with Crippen molar-refractivity contribution in [3.05, 3.63) is 71.3 Å². The Bertz CT molecular complexity index is 1620. The van der Waals surface area contributed by atoms with Crippen LogP contribution in [0.3, 0.4) is 0 Å². The predicted molar refractivity (Wildman–Crippen MR) is 169 cm³/mol. The van der Waals surface area contributed by atoms with Crippen molar-refractivity contribution in [2.24, 2.45) is 11.3 Å². The molecular weight excluding hydrogens is 589 g/mol. The van der Waals surface area contributed by atoms with Gasteiger partial charge in [0.2, 0.25) is 0 Å². The molecule has 0 aliphatic carbocycles. The molecule has 3 amide bonds. The van der Waals surface area contributed by atoms with Gasteiger partial charge in [-0.05, 0) is 63.4 Å². The van der Waals surface area contributed by atoms with Crippen molar-refractivity contribution in [3.8, 4) is 11.6 Å². The zero-order valence-electron chi connectivity index (χ0n) is 26.9. The molecule has 1 aromatic heterocycles. The molecule has 11 nitrogen and oxygen atoms in total. The minimum Gasteiger partial charge on any atom is -0.434 e. The molecule has 2 fully saturated rings. The summed E-state index contributed by atoms with van der Waals surface area (Å²) in [6, 6.07) is 10.8. The number of likely N-dealkylation sites (tertiary alicyclic amines) is 1. The van der Waals surface area contributed by atoms with Gasteiger partial charge in [-0.2, -0.15) is 0 Å². The summed E-state index contributed by atoms with van der Waals surface area (Å²) < 4.78 is 20.5. The molecule has 0 bridgehead atoms. The first-order valence-corrected chi connectivity index (χ1v) is 15.9. The first-order valence-electron chi connectivity index (χ1n) is 15.9. The molecule has 1 atom stereocenters. The van der Waals surface area contributed by atoms with Crippen LogP contribution in [0.5, 0.6) is 11.6 Å². The van der Waals surface area contributed by atoms with Gasteiger partial charge in [-0.1, -0.05) is 26.0 Å². The lowest BCUT2D eigenvalue weighted by molar-refractivity contribution is -0.0369. The second kappa shape index (κ2) is 12.4. The van der Waals surface area contributed by atoms with E-state index in [0.717, 1.165) is 26.1 Å². The molecule has 1 spiro atoms. The van der Waals surface area contributed by atoms with E-state index in [0.29, 0.717) is 36.6 Å². The monoisotopic (exact) mass is 629 g/mol. The number of aromatic nitrogens is 3. The SMILES string of the molecule is CCN(C(=O)c1cc(F)ccc1Oc1nncnc1N1CCC2(C1)CN([C@H](CN1C(=O)c3ccccc3C1=O)C(C)C)C2)C(C)C. The molecule has 46 heavy (non-hydrogen) atoms. The fourth-order valence-corrected chi connectivity index (χ4v) is 7.07. The van der Waals surface area contributed by atoms with E-state index >= 15 is 0 Å². The molecule has 0 N–H and O–H groups in total. The second-order valence-corrected chi connectivity index (χ2v) is 13.2. The normalized spacial score (nSPS) is 18.0. The molecule has 0 unspecified atom stereocenters. The third kappa shape index (κ3) is 5.70. The summed E-state index contributed by atoms with van der Waals surface area (Å²) >= 11 is 0. The van der Waals surface area contributed by atoms with E-state index in [1.165, 1.54) is 29.4 Å². The Morgan fingerprint density at radius 2 is 1.74 bits per heavy atom. The van der Waals surface area contributed by atoms with E-state index in [1.807, 2.05) is 20.8 Å². The Labute approximate surface area is 268 Å². The molecule has 4 heterocycles. The van der Waals surface area contributed by atoms with Crippen LogP contribution in [0.1, 0.15) is 72.1 Å². The summed E-state index contributed by atoms with van der Waals surface area (Å²) in [4.78, 5) is 51.5. The van der Waals surface area contributed by atoms with Gasteiger partial charge >= 0.3 is 0 Å². The van der Waals surface area contributed by atoms with Gasteiger partial charge < -0.3 is 14.5 Å². The summed E-state index contributed by atoms with van der Waals surface area (Å²) in [5, 5.41) is 8.15. The molecule has 3 aromatic rings. The highest BCUT2D eigenvalue weighted by Gasteiger charge is 2.51. The molecule has 0 radical (unpaired) electrons. The van der Waals surface area contributed by atoms with Crippen molar-refractivity contribution >= 4 is 23.5 Å². The summed E-state index contributed by atoms with van der Waals surface area (Å²) in [5.41, 5.74) is 1.06. The Morgan fingerprint density at radius 1 is 1.04 bits per heavy atom. The number of nitrogens with zero attached hydrogens (tertiary/aromatic N) is 7. The third-order valence-electron chi connectivity index (χ3n) is 9.48. The van der Waals surface area contributed by atoms with Gasteiger partial charge in [0.05, 0.1) is 16.7 Å². The number of ether oxygens (including phenoxy) is 1. The fraction of sp³-hybridized carbons (Fsp3) is 0.471. The van der Waals surface area contributed by atoms with E-state index in [-0.39, 0.29) is 58.3 Å². The number of imide groups is 1. The lowest BCUT2D eigenvalue weighted by Gasteiger charge is -2.53. The molecule has 3 aliphatic rings. The van der Waals surface area contributed by atoms with Crippen LogP contribution >= 0.6 is 0 Å². The van der Waals surface area contributed by atoms with E-state index in [4.69, 9.17) is 4.74 Å². The van der Waals surface area contributed by atoms with E-state index < -0.39 is 5.82 Å². The van der Waals surface area contributed by atoms with Gasteiger partial charge in [-0.15, -0.1) is 10.2 Å². The second-order valence-electron chi connectivity index (χ2n) is 13.2. The van der Waals surface area contributed by atoms with Gasteiger partial charge in [0.15, 0.2) is 5.82 Å². The summed E-state index contributed by atoms with van der Waals surface area (Å²) in [5.74, 6) is -0.245. The zero-order chi connectivity index (χ0) is 32.7. The van der Waals surface area contributed by atoms with Crippen molar-refractivity contribution < 1.29 is 23.5 Å². The predicted octanol–water partition coefficient (Wildman–Crippen LogP) is 4.51. The van der Waals surface area contributed by atoms with Gasteiger partial charge in [0.1, 0.15) is 17.9 Å². The first-order chi connectivity index (χ1) is 22.0. The van der Waals surface area contributed by atoms with E-state index in [2.05, 4.69) is 38.8 Å². The lowest BCUT2D eigenvalue weighted by Crippen LogP contribution is -2.64. The Morgan fingerprint density at radius 3 is 2.37 bits per heavy atom. The minimum absolute atomic E-state index is 0.00719. The van der Waals surface area contributed by atoms with Gasteiger partial charge in [0.25, 0.3) is 23.6 Å². The number of carbonyl (C=O) groups excluding carboxylic acids is 3. The Hall–Kier alpha value is -4.45. The molecule has 2 aromatic carbocycles. The smallest absolute Gasteiger partial charge is 0.282 e. The van der Waals surface area contributed by atoms with Gasteiger partial charge in [-0.3, -0.25) is 24.2 Å². The average molecular weight is 630 g/mol. The van der Waals surface area contributed by atoms with Gasteiger partial charge in [0, 0.05) is 56.8 Å². The molecular formula is C34H40FN7O4. The van der Waals surface area contributed by atoms with Crippen LogP contribution in [-0.4, -0.2) is 99.0 Å². The number of fused-ring (bicyclic) bond motifs is 1. The molecule has 3 aliphatic heterocycles. The van der Waals surface area contributed by atoms with Crippen LogP contribution in [0.15, 0.2) is 48.8 Å². The zero-order valence-corrected chi connectivity index (χ0v) is 26.9. The van der Waals surface area contributed by atoms with Crippen molar-refractivity contribution in [1.29, 1.82) is 0 Å². The van der Waals surface area contributed by atoms with E-state index in [1.54, 1.807) is 29.2 Å². The Kier molecular flexibility index (Phi) is 8.49. The number of amides is 3. The quantitative estimate of drug-likeness (QED) is 0.299. The maximum absolute atomic E-state index is 14.3. The number of benzene rings is 2.